The number of carboxylic acid groups (broad SMARTS) is 1. The highest BCUT2D eigenvalue weighted by Gasteiger charge is 2.29. The summed E-state index contributed by atoms with van der Waals surface area (Å²) in [5.74, 6) is -3.29. The van der Waals surface area contributed by atoms with Crippen LogP contribution in [0.25, 0.3) is 0 Å². The summed E-state index contributed by atoms with van der Waals surface area (Å²) >= 11 is 3.94. The zero-order valence-electron chi connectivity index (χ0n) is 20.7. The minimum Gasteiger partial charge on any atom is -0.480 e. The van der Waals surface area contributed by atoms with Crippen molar-refractivity contribution in [3.05, 3.63) is 0 Å². The van der Waals surface area contributed by atoms with Gasteiger partial charge in [-0.15, -0.1) is 0 Å². The maximum atomic E-state index is 13.1. The Balaban J connectivity index is 5.48. The van der Waals surface area contributed by atoms with Gasteiger partial charge in [0.1, 0.15) is 18.1 Å². The number of carbonyl (C=O) groups excluding carboxylic acids is 3. The highest BCUT2D eigenvalue weighted by Crippen LogP contribution is 2.07. The topological polar surface area (TPSA) is 267 Å². The minimum absolute atomic E-state index is 0.101. The van der Waals surface area contributed by atoms with Crippen molar-refractivity contribution in [2.45, 2.75) is 75.5 Å². The maximum Gasteiger partial charge on any atom is 0.327 e. The van der Waals surface area contributed by atoms with Gasteiger partial charge in [-0.05, 0) is 58.0 Å². The number of hydrogen-bond donors (Lipinski definition) is 10. The molecule has 4 atom stereocenters. The first-order valence-corrected chi connectivity index (χ1v) is 12.7. The van der Waals surface area contributed by atoms with E-state index < -0.39 is 47.9 Å². The molecule has 15 heteroatoms. The van der Waals surface area contributed by atoms with Crippen LogP contribution in [0.1, 0.15) is 51.4 Å². The Bertz CT molecular complexity index is 722. The molecule has 4 unspecified atom stereocenters. The molecule has 36 heavy (non-hydrogen) atoms. The third-order valence-corrected chi connectivity index (χ3v) is 5.63. The summed E-state index contributed by atoms with van der Waals surface area (Å²) in [7, 11) is 0. The second-order valence-electron chi connectivity index (χ2n) is 8.33. The first kappa shape index (κ1) is 33.4. The molecule has 14 N–H and O–H groups in total. The average Bonchev–Trinajstić information content (AvgIpc) is 2.83. The number of rotatable bonds is 20. The van der Waals surface area contributed by atoms with Gasteiger partial charge >= 0.3 is 5.97 Å². The van der Waals surface area contributed by atoms with Gasteiger partial charge in [-0.1, -0.05) is 6.42 Å². The summed E-state index contributed by atoms with van der Waals surface area (Å²) < 4.78 is 0. The lowest BCUT2D eigenvalue weighted by molar-refractivity contribution is -0.141. The number of unbranched alkanes of at least 4 members (excludes halogenated alkanes) is 2. The van der Waals surface area contributed by atoms with E-state index in [0.29, 0.717) is 51.6 Å². The lowest BCUT2D eigenvalue weighted by Gasteiger charge is -2.25. The molecule has 0 spiro atoms. The van der Waals surface area contributed by atoms with E-state index in [1.807, 2.05) is 0 Å². The molecule has 0 aliphatic heterocycles. The maximum absolute atomic E-state index is 13.1. The van der Waals surface area contributed by atoms with Crippen molar-refractivity contribution in [3.63, 3.8) is 0 Å². The van der Waals surface area contributed by atoms with E-state index in [2.05, 4.69) is 33.6 Å². The number of carbonyl (C=O) groups is 4. The van der Waals surface area contributed by atoms with E-state index in [1.165, 1.54) is 0 Å². The molecule has 0 bridgehead atoms. The van der Waals surface area contributed by atoms with Gasteiger partial charge in [-0.3, -0.25) is 19.4 Å². The van der Waals surface area contributed by atoms with Gasteiger partial charge in [0, 0.05) is 12.3 Å². The van der Waals surface area contributed by atoms with E-state index >= 15 is 0 Å². The van der Waals surface area contributed by atoms with Crippen LogP contribution in [0.3, 0.4) is 0 Å². The molecule has 0 aromatic rings. The lowest BCUT2D eigenvalue weighted by Crippen LogP contribution is -2.57. The standard InChI is InChI=1S/C21H43N9O5S/c22-9-3-1-6-13(24)17(31)28-15(8-5-11-27-21(25)26)18(32)29-14(7-2-4-10-23)19(33)30-16(12-36)20(34)35/h13-16,36H,1-12,22-24H2,(H,28,31)(H,29,32)(H,30,33)(H,34,35)(H4,25,26,27). The van der Waals surface area contributed by atoms with Crippen molar-refractivity contribution in [2.24, 2.45) is 33.7 Å². The Hall–Kier alpha value is -2.62. The molecule has 0 radical (unpaired) electrons. The Kier molecular flexibility index (Phi) is 18.1. The van der Waals surface area contributed by atoms with Gasteiger partial charge in [0.25, 0.3) is 0 Å². The van der Waals surface area contributed by atoms with Crippen LogP contribution in [0.4, 0.5) is 0 Å². The molecule has 0 aliphatic rings. The van der Waals surface area contributed by atoms with Crippen LogP contribution < -0.4 is 44.6 Å². The second-order valence-corrected chi connectivity index (χ2v) is 8.69. The number of hydrogen-bond acceptors (Lipinski definition) is 9. The van der Waals surface area contributed by atoms with Crippen molar-refractivity contribution in [1.82, 2.24) is 16.0 Å². The second kappa shape index (κ2) is 19.6. The molecule has 0 fully saturated rings. The first-order chi connectivity index (χ1) is 17.1. The zero-order valence-corrected chi connectivity index (χ0v) is 21.6. The highest BCUT2D eigenvalue weighted by atomic mass is 32.1. The van der Waals surface area contributed by atoms with Crippen LogP contribution in [0.2, 0.25) is 0 Å². The molecule has 0 saturated carbocycles. The average molecular weight is 534 g/mol. The Morgan fingerprint density at radius 3 is 1.69 bits per heavy atom. The largest absolute Gasteiger partial charge is 0.480 e. The SMILES string of the molecule is NCCCCC(N)C(=O)NC(CCCN=C(N)N)C(=O)NC(CCCCN)C(=O)NC(CS)C(=O)O. The molecule has 0 aromatic heterocycles. The number of nitrogens with zero attached hydrogens (tertiary/aromatic N) is 1. The van der Waals surface area contributed by atoms with Crippen molar-refractivity contribution in [2.75, 3.05) is 25.4 Å². The van der Waals surface area contributed by atoms with Gasteiger partial charge in [0.05, 0.1) is 6.04 Å². The number of guanidine groups is 1. The van der Waals surface area contributed by atoms with Gasteiger partial charge < -0.3 is 49.7 Å². The molecule has 0 aliphatic carbocycles. The Morgan fingerprint density at radius 1 is 0.750 bits per heavy atom. The van der Waals surface area contributed by atoms with E-state index in [-0.39, 0.29) is 31.1 Å². The number of aliphatic imine (C=N–C) groups is 1. The molecule has 0 heterocycles. The van der Waals surface area contributed by atoms with Gasteiger partial charge in [0.2, 0.25) is 17.7 Å². The predicted molar refractivity (Wildman–Crippen MR) is 141 cm³/mol. The highest BCUT2D eigenvalue weighted by molar-refractivity contribution is 7.80. The molecule has 208 valence electrons. The van der Waals surface area contributed by atoms with Crippen molar-refractivity contribution in [1.29, 1.82) is 0 Å². The number of nitrogens with two attached hydrogens (primary N) is 5. The third-order valence-electron chi connectivity index (χ3n) is 5.26. The molecule has 0 rings (SSSR count). The van der Waals surface area contributed by atoms with Crippen LogP contribution >= 0.6 is 12.6 Å². The Labute approximate surface area is 217 Å². The summed E-state index contributed by atoms with van der Waals surface area (Å²) in [5, 5.41) is 16.8. The van der Waals surface area contributed by atoms with Crippen LogP contribution in [-0.2, 0) is 19.2 Å². The van der Waals surface area contributed by atoms with Crippen LogP contribution in [0, 0.1) is 0 Å². The zero-order chi connectivity index (χ0) is 27.5. The summed E-state index contributed by atoms with van der Waals surface area (Å²) in [6.07, 6.45) is 3.65. The van der Waals surface area contributed by atoms with Gasteiger partial charge in [-0.25, -0.2) is 4.79 Å². The number of thiol groups is 1. The van der Waals surface area contributed by atoms with Crippen molar-refractivity contribution < 1.29 is 24.3 Å². The van der Waals surface area contributed by atoms with Crippen molar-refractivity contribution >= 4 is 42.3 Å². The third kappa shape index (κ3) is 14.7. The number of amides is 3. The molecular weight excluding hydrogens is 490 g/mol. The molecule has 0 saturated heterocycles. The fourth-order valence-electron chi connectivity index (χ4n) is 3.18. The smallest absolute Gasteiger partial charge is 0.327 e. The number of carboxylic acids is 1. The summed E-state index contributed by atoms with van der Waals surface area (Å²) in [6.45, 7) is 1.10. The van der Waals surface area contributed by atoms with E-state index in [1.54, 1.807) is 0 Å². The molecule has 14 nitrogen and oxygen atoms in total. The quantitative estimate of drug-likeness (QED) is 0.0330. The Morgan fingerprint density at radius 2 is 1.22 bits per heavy atom. The fourth-order valence-corrected chi connectivity index (χ4v) is 3.43. The molecular formula is C21H43N9O5S. The number of aliphatic carboxylic acids is 1. The van der Waals surface area contributed by atoms with E-state index in [9.17, 15) is 24.3 Å². The lowest BCUT2D eigenvalue weighted by atomic mass is 10.0. The minimum atomic E-state index is -1.25. The summed E-state index contributed by atoms with van der Waals surface area (Å²) in [4.78, 5) is 53.6. The van der Waals surface area contributed by atoms with E-state index in [0.717, 1.165) is 0 Å². The van der Waals surface area contributed by atoms with Gasteiger partial charge in [0.15, 0.2) is 5.96 Å². The molecule has 0 aromatic carbocycles. The summed E-state index contributed by atoms with van der Waals surface area (Å²) in [5.41, 5.74) is 27.6. The number of nitrogens with one attached hydrogen (secondary N) is 3. The monoisotopic (exact) mass is 533 g/mol. The first-order valence-electron chi connectivity index (χ1n) is 12.0. The fraction of sp³-hybridized carbons (Fsp3) is 0.762. The van der Waals surface area contributed by atoms with Crippen LogP contribution in [-0.4, -0.2) is 84.3 Å². The normalized spacial score (nSPS) is 14.1. The van der Waals surface area contributed by atoms with Crippen molar-refractivity contribution in [3.8, 4) is 0 Å². The molecule has 3 amide bonds. The van der Waals surface area contributed by atoms with Crippen LogP contribution in [0.5, 0.6) is 0 Å². The van der Waals surface area contributed by atoms with Gasteiger partial charge in [-0.2, -0.15) is 12.6 Å². The predicted octanol–water partition coefficient (Wildman–Crippen LogP) is -2.91. The van der Waals surface area contributed by atoms with Crippen LogP contribution in [0.15, 0.2) is 4.99 Å². The summed E-state index contributed by atoms with van der Waals surface area (Å²) in [6, 6.07) is -4.12. The van der Waals surface area contributed by atoms with E-state index in [4.69, 9.17) is 28.7 Å².